The van der Waals surface area contributed by atoms with Crippen LogP contribution in [0, 0.1) is 19.8 Å². The van der Waals surface area contributed by atoms with Crippen LogP contribution in [0.25, 0.3) is 33.5 Å². The van der Waals surface area contributed by atoms with E-state index in [1.807, 2.05) is 24.1 Å². The molecule has 0 spiro atoms. The molecule has 3 nitrogen and oxygen atoms in total. The van der Waals surface area contributed by atoms with Crippen molar-refractivity contribution < 1.29 is 14.7 Å². The molecular weight excluding hydrogens is 336 g/mol. The number of aryl methyl sites for hydroxylation is 2. The van der Waals surface area contributed by atoms with E-state index in [1.165, 1.54) is 21.9 Å². The Morgan fingerprint density at radius 3 is 2.30 bits per heavy atom. The molecule has 132 valence electrons. The number of carbonyl (C=O) groups excluding carboxylic acids is 1. The molecule has 1 N–H and O–H groups in total. The van der Waals surface area contributed by atoms with Gasteiger partial charge in [-0.2, -0.15) is 0 Å². The Morgan fingerprint density at radius 1 is 0.926 bits per heavy atom. The molecule has 0 fully saturated rings. The molecule has 3 aromatic rings. The Morgan fingerprint density at radius 2 is 1.59 bits per heavy atom. The van der Waals surface area contributed by atoms with Gasteiger partial charge in [-0.15, -0.1) is 0 Å². The summed E-state index contributed by atoms with van der Waals surface area (Å²) in [6.45, 7) is 4.22. The number of carboxylic acids is 1. The summed E-state index contributed by atoms with van der Waals surface area (Å²) in [5, 5.41) is 11.7. The Balaban J connectivity index is 1.81. The fraction of sp³-hybridized carbons (Fsp3) is 0.125. The Bertz CT molecular complexity index is 1180. The first-order valence-electron chi connectivity index (χ1n) is 8.80. The molecule has 1 aliphatic carbocycles. The van der Waals surface area contributed by atoms with Crippen LogP contribution >= 0.6 is 0 Å². The van der Waals surface area contributed by atoms with Crippen molar-refractivity contribution in [2.24, 2.45) is 5.92 Å². The molecule has 0 bridgehead atoms. The van der Waals surface area contributed by atoms with Gasteiger partial charge in [-0.25, -0.2) is 4.79 Å². The molecule has 4 rings (SSSR count). The number of benzene rings is 3. The van der Waals surface area contributed by atoms with Crippen LogP contribution in [0.4, 0.5) is 0 Å². The van der Waals surface area contributed by atoms with Gasteiger partial charge in [0.1, 0.15) is 11.9 Å². The zero-order valence-electron chi connectivity index (χ0n) is 15.1. The van der Waals surface area contributed by atoms with Crippen LogP contribution in [0.15, 0.2) is 54.6 Å². The largest absolute Gasteiger partial charge is 0.481 e. The Kier molecular flexibility index (Phi) is 4.02. The lowest BCUT2D eigenvalue weighted by molar-refractivity contribution is -0.138. The summed E-state index contributed by atoms with van der Waals surface area (Å²) in [5.74, 6) is -0.158. The minimum Gasteiger partial charge on any atom is -0.481 e. The maximum absolute atomic E-state index is 11.3. The zero-order chi connectivity index (χ0) is 19.1. The maximum atomic E-state index is 11.3. The van der Waals surface area contributed by atoms with Crippen LogP contribution in [-0.2, 0) is 9.59 Å². The first-order valence-corrected chi connectivity index (χ1v) is 8.80. The van der Waals surface area contributed by atoms with Crippen molar-refractivity contribution in [1.29, 1.82) is 0 Å². The highest BCUT2D eigenvalue weighted by Gasteiger charge is 2.27. The van der Waals surface area contributed by atoms with Gasteiger partial charge in [0, 0.05) is 0 Å². The van der Waals surface area contributed by atoms with E-state index in [-0.39, 0.29) is 5.57 Å². The van der Waals surface area contributed by atoms with E-state index in [9.17, 15) is 14.7 Å². The molecule has 0 saturated heterocycles. The normalized spacial score (nSPS) is 15.5. The number of carbonyl (C=O) groups is 1. The summed E-state index contributed by atoms with van der Waals surface area (Å²) >= 11 is 0. The van der Waals surface area contributed by atoms with Gasteiger partial charge >= 0.3 is 5.97 Å². The molecule has 1 atom stereocenters. The summed E-state index contributed by atoms with van der Waals surface area (Å²) in [6, 6.07) is 16.5. The molecule has 0 saturated carbocycles. The lowest BCUT2D eigenvalue weighted by Crippen LogP contribution is -2.16. The van der Waals surface area contributed by atoms with Crippen LogP contribution in [-0.4, -0.2) is 17.0 Å². The second kappa shape index (κ2) is 6.39. The molecule has 0 radical (unpaired) electrons. The quantitative estimate of drug-likeness (QED) is 0.654. The highest BCUT2D eigenvalue weighted by atomic mass is 16.4. The molecule has 1 aliphatic rings. The molecule has 0 amide bonds. The summed E-state index contributed by atoms with van der Waals surface area (Å²) in [4.78, 5) is 22.7. The number of hydrogen-bond acceptors (Lipinski definition) is 2. The molecule has 0 aromatic heterocycles. The molecule has 3 heteroatoms. The SMILES string of the molecule is Cc1cc2ccc(-c3ccc4c(c3)C=CC(C(=O)O)C4=C=O)cc2cc1C. The van der Waals surface area contributed by atoms with E-state index in [0.717, 1.165) is 16.7 Å². The van der Waals surface area contributed by atoms with E-state index in [4.69, 9.17) is 0 Å². The van der Waals surface area contributed by atoms with Gasteiger partial charge in [0.15, 0.2) is 0 Å². The third kappa shape index (κ3) is 2.88. The third-order valence-corrected chi connectivity index (χ3v) is 5.28. The van der Waals surface area contributed by atoms with Gasteiger partial charge in [-0.05, 0) is 70.1 Å². The molecule has 1 unspecified atom stereocenters. The highest BCUT2D eigenvalue weighted by molar-refractivity contribution is 6.04. The average molecular weight is 354 g/mol. The number of hydrogen-bond donors (Lipinski definition) is 1. The van der Waals surface area contributed by atoms with Crippen molar-refractivity contribution in [3.8, 4) is 11.1 Å². The van der Waals surface area contributed by atoms with Crippen LogP contribution in [0.2, 0.25) is 0 Å². The van der Waals surface area contributed by atoms with Crippen LogP contribution < -0.4 is 0 Å². The van der Waals surface area contributed by atoms with E-state index in [2.05, 4.69) is 44.2 Å². The fourth-order valence-corrected chi connectivity index (χ4v) is 3.62. The predicted molar refractivity (Wildman–Crippen MR) is 108 cm³/mol. The van der Waals surface area contributed by atoms with Gasteiger partial charge in [0.05, 0.1) is 5.57 Å². The topological polar surface area (TPSA) is 54.4 Å². The standard InChI is InChI=1S/C24H18O3/c1-14-9-16-3-4-17(12-20(16)10-15(14)2)18-5-7-21-19(11-18)6-8-22(24(26)27)23(21)13-25/h3-12,22H,1-2H3,(H,26,27). The lowest BCUT2D eigenvalue weighted by Gasteiger charge is -2.18. The third-order valence-electron chi connectivity index (χ3n) is 5.28. The van der Waals surface area contributed by atoms with Crippen LogP contribution in [0.1, 0.15) is 22.3 Å². The maximum Gasteiger partial charge on any atom is 0.315 e. The molecule has 27 heavy (non-hydrogen) atoms. The van der Waals surface area contributed by atoms with Crippen LogP contribution in [0.5, 0.6) is 0 Å². The lowest BCUT2D eigenvalue weighted by atomic mass is 9.84. The van der Waals surface area contributed by atoms with Gasteiger partial charge in [0.25, 0.3) is 0 Å². The van der Waals surface area contributed by atoms with E-state index in [1.54, 1.807) is 12.2 Å². The minimum absolute atomic E-state index is 0.177. The Hall–Kier alpha value is -3.42. The first kappa shape index (κ1) is 17.0. The monoisotopic (exact) mass is 354 g/mol. The minimum atomic E-state index is -1.04. The summed E-state index contributed by atoms with van der Waals surface area (Å²) in [5.41, 5.74) is 6.29. The predicted octanol–water partition coefficient (Wildman–Crippen LogP) is 5.07. The first-order chi connectivity index (χ1) is 13.0. The van der Waals surface area contributed by atoms with Crippen molar-refractivity contribution in [3.05, 3.63) is 76.9 Å². The van der Waals surface area contributed by atoms with E-state index in [0.29, 0.717) is 5.56 Å². The number of carboxylic acid groups (broad SMARTS) is 1. The zero-order valence-corrected chi connectivity index (χ0v) is 15.1. The van der Waals surface area contributed by atoms with Crippen molar-refractivity contribution in [2.45, 2.75) is 13.8 Å². The van der Waals surface area contributed by atoms with Crippen molar-refractivity contribution in [3.63, 3.8) is 0 Å². The number of fused-ring (bicyclic) bond motifs is 2. The van der Waals surface area contributed by atoms with Gasteiger partial charge in [0.2, 0.25) is 0 Å². The van der Waals surface area contributed by atoms with Gasteiger partial charge < -0.3 is 5.11 Å². The average Bonchev–Trinajstić information content (AvgIpc) is 2.67. The van der Waals surface area contributed by atoms with E-state index < -0.39 is 11.9 Å². The summed E-state index contributed by atoms with van der Waals surface area (Å²) in [7, 11) is 0. The molecule has 0 heterocycles. The summed E-state index contributed by atoms with van der Waals surface area (Å²) < 4.78 is 0. The second-order valence-electron chi connectivity index (χ2n) is 6.99. The van der Waals surface area contributed by atoms with E-state index >= 15 is 0 Å². The fourth-order valence-electron chi connectivity index (χ4n) is 3.62. The Labute approximate surface area is 157 Å². The second-order valence-corrected chi connectivity index (χ2v) is 6.99. The van der Waals surface area contributed by atoms with Crippen molar-refractivity contribution in [1.82, 2.24) is 0 Å². The van der Waals surface area contributed by atoms with Gasteiger partial charge in [-0.3, -0.25) is 4.79 Å². The molecule has 0 aliphatic heterocycles. The smallest absolute Gasteiger partial charge is 0.315 e. The highest BCUT2D eigenvalue weighted by Crippen LogP contribution is 2.35. The van der Waals surface area contributed by atoms with Gasteiger partial charge in [-0.1, -0.05) is 48.6 Å². The van der Waals surface area contributed by atoms with Crippen LogP contribution in [0.3, 0.4) is 0 Å². The van der Waals surface area contributed by atoms with Crippen molar-refractivity contribution in [2.75, 3.05) is 0 Å². The number of rotatable bonds is 2. The molecular formula is C24H18O3. The van der Waals surface area contributed by atoms with Crippen molar-refractivity contribution >= 4 is 34.3 Å². The number of aliphatic carboxylic acids is 1. The summed E-state index contributed by atoms with van der Waals surface area (Å²) in [6.07, 6.45) is 3.31. The molecule has 3 aromatic carbocycles.